The SMILES string of the molecule is NC(=O)C1=CC2=CC=CCC2N(O)c2ccccc21. The van der Waals surface area contributed by atoms with Crippen molar-refractivity contribution in [3.8, 4) is 0 Å². The molecule has 96 valence electrons. The lowest BCUT2D eigenvalue weighted by Crippen LogP contribution is -2.33. The van der Waals surface area contributed by atoms with Crippen LogP contribution in [0.5, 0.6) is 0 Å². The van der Waals surface area contributed by atoms with E-state index >= 15 is 0 Å². The van der Waals surface area contributed by atoms with Gasteiger partial charge in [0.2, 0.25) is 5.91 Å². The Hall–Kier alpha value is -2.33. The molecule has 3 N–H and O–H groups in total. The topological polar surface area (TPSA) is 66.6 Å². The van der Waals surface area contributed by atoms with Crippen molar-refractivity contribution in [3.05, 3.63) is 59.7 Å². The monoisotopic (exact) mass is 254 g/mol. The molecule has 0 spiro atoms. The fourth-order valence-corrected chi connectivity index (χ4v) is 2.54. The van der Waals surface area contributed by atoms with Crippen LogP contribution in [0.25, 0.3) is 5.57 Å². The summed E-state index contributed by atoms with van der Waals surface area (Å²) in [5, 5.41) is 11.6. The number of rotatable bonds is 1. The highest BCUT2D eigenvalue weighted by Crippen LogP contribution is 2.35. The first-order chi connectivity index (χ1) is 9.18. The number of hydroxylamine groups is 1. The van der Waals surface area contributed by atoms with Gasteiger partial charge >= 0.3 is 0 Å². The highest BCUT2D eigenvalue weighted by Gasteiger charge is 2.28. The number of amides is 1. The van der Waals surface area contributed by atoms with Crippen LogP contribution in [0.2, 0.25) is 0 Å². The van der Waals surface area contributed by atoms with Crippen LogP contribution in [-0.2, 0) is 4.79 Å². The third-order valence-electron chi connectivity index (χ3n) is 3.48. The Morgan fingerprint density at radius 3 is 2.95 bits per heavy atom. The van der Waals surface area contributed by atoms with Gasteiger partial charge in [0, 0.05) is 11.1 Å². The molecule has 4 nitrogen and oxygen atoms in total. The molecular formula is C15H14N2O2. The Morgan fingerprint density at radius 1 is 1.37 bits per heavy atom. The maximum Gasteiger partial charge on any atom is 0.249 e. The molecule has 1 unspecified atom stereocenters. The van der Waals surface area contributed by atoms with E-state index in [0.717, 1.165) is 5.57 Å². The molecule has 4 heteroatoms. The van der Waals surface area contributed by atoms with E-state index in [4.69, 9.17) is 5.73 Å². The lowest BCUT2D eigenvalue weighted by Gasteiger charge is -2.28. The van der Waals surface area contributed by atoms with Crippen LogP contribution in [0.4, 0.5) is 5.69 Å². The second-order valence-corrected chi connectivity index (χ2v) is 4.63. The van der Waals surface area contributed by atoms with Gasteiger partial charge in [-0.15, -0.1) is 0 Å². The molecule has 1 aromatic carbocycles. The number of nitrogens with zero attached hydrogens (tertiary/aromatic N) is 1. The summed E-state index contributed by atoms with van der Waals surface area (Å²) in [6, 6.07) is 7.05. The predicted molar refractivity (Wildman–Crippen MR) is 73.5 cm³/mol. The van der Waals surface area contributed by atoms with Gasteiger partial charge in [0.05, 0.1) is 11.7 Å². The van der Waals surface area contributed by atoms with Gasteiger partial charge in [-0.05, 0) is 24.1 Å². The summed E-state index contributed by atoms with van der Waals surface area (Å²) in [5.74, 6) is -0.489. The second-order valence-electron chi connectivity index (χ2n) is 4.63. The zero-order chi connectivity index (χ0) is 13.4. The third kappa shape index (κ3) is 1.86. The van der Waals surface area contributed by atoms with Crippen molar-refractivity contribution in [1.82, 2.24) is 0 Å². The minimum absolute atomic E-state index is 0.178. The Balaban J connectivity index is 2.24. The molecule has 1 aliphatic carbocycles. The molecule has 1 amide bonds. The van der Waals surface area contributed by atoms with E-state index < -0.39 is 5.91 Å². The summed E-state index contributed by atoms with van der Waals surface area (Å²) in [4.78, 5) is 11.7. The number of carbonyl (C=O) groups excluding carboxylic acids is 1. The molecule has 1 aromatic rings. The van der Waals surface area contributed by atoms with Crippen LogP contribution in [0.3, 0.4) is 0 Å². The van der Waals surface area contributed by atoms with Gasteiger partial charge in [0.25, 0.3) is 0 Å². The fourth-order valence-electron chi connectivity index (χ4n) is 2.54. The highest BCUT2D eigenvalue weighted by atomic mass is 16.5. The van der Waals surface area contributed by atoms with Gasteiger partial charge in [0.15, 0.2) is 0 Å². The van der Waals surface area contributed by atoms with Crippen LogP contribution >= 0.6 is 0 Å². The van der Waals surface area contributed by atoms with E-state index in [9.17, 15) is 10.0 Å². The summed E-state index contributed by atoms with van der Waals surface area (Å²) in [6.07, 6.45) is 8.27. The van der Waals surface area contributed by atoms with E-state index in [0.29, 0.717) is 23.2 Å². The zero-order valence-electron chi connectivity index (χ0n) is 10.3. The summed E-state index contributed by atoms with van der Waals surface area (Å²) in [7, 11) is 0. The predicted octanol–water partition coefficient (Wildman–Crippen LogP) is 2.02. The number of para-hydroxylation sites is 1. The number of hydrogen-bond donors (Lipinski definition) is 2. The molecule has 0 saturated heterocycles. The van der Waals surface area contributed by atoms with E-state index in [1.807, 2.05) is 30.4 Å². The normalized spacial score (nSPS) is 20.9. The Kier molecular flexibility index (Phi) is 2.72. The Labute approximate surface area is 111 Å². The first kappa shape index (κ1) is 11.7. The lowest BCUT2D eigenvalue weighted by molar-refractivity contribution is -0.112. The minimum atomic E-state index is -0.489. The van der Waals surface area contributed by atoms with Crippen LogP contribution in [-0.4, -0.2) is 17.2 Å². The standard InChI is InChI=1S/C15H14N2O2/c16-15(18)12-9-10-5-1-3-7-13(10)17(19)14-8-4-2-6-11(12)14/h1-6,8-9,13,19H,7H2,(H2,16,18). The van der Waals surface area contributed by atoms with Gasteiger partial charge < -0.3 is 5.73 Å². The van der Waals surface area contributed by atoms with Gasteiger partial charge in [-0.1, -0.05) is 36.4 Å². The molecule has 0 bridgehead atoms. The molecular weight excluding hydrogens is 240 g/mol. The highest BCUT2D eigenvalue weighted by molar-refractivity contribution is 6.21. The van der Waals surface area contributed by atoms with E-state index in [2.05, 4.69) is 0 Å². The molecule has 0 radical (unpaired) electrons. The van der Waals surface area contributed by atoms with Crippen molar-refractivity contribution in [2.24, 2.45) is 5.73 Å². The first-order valence-corrected chi connectivity index (χ1v) is 6.14. The van der Waals surface area contributed by atoms with Gasteiger partial charge in [-0.3, -0.25) is 10.0 Å². The van der Waals surface area contributed by atoms with Gasteiger partial charge in [-0.2, -0.15) is 0 Å². The third-order valence-corrected chi connectivity index (χ3v) is 3.48. The van der Waals surface area contributed by atoms with E-state index in [1.165, 1.54) is 5.06 Å². The minimum Gasteiger partial charge on any atom is -0.366 e. The summed E-state index contributed by atoms with van der Waals surface area (Å²) < 4.78 is 0. The number of benzene rings is 1. The number of carbonyl (C=O) groups is 1. The molecule has 0 aromatic heterocycles. The largest absolute Gasteiger partial charge is 0.366 e. The van der Waals surface area contributed by atoms with E-state index in [-0.39, 0.29) is 6.04 Å². The van der Waals surface area contributed by atoms with Crippen molar-refractivity contribution in [2.75, 3.05) is 5.06 Å². The van der Waals surface area contributed by atoms with E-state index in [1.54, 1.807) is 18.2 Å². The molecule has 1 heterocycles. The fraction of sp³-hybridized carbons (Fsp3) is 0.133. The van der Waals surface area contributed by atoms with Crippen LogP contribution < -0.4 is 10.8 Å². The number of nitrogens with two attached hydrogens (primary N) is 1. The van der Waals surface area contributed by atoms with Crippen molar-refractivity contribution in [2.45, 2.75) is 12.5 Å². The number of hydrogen-bond acceptors (Lipinski definition) is 3. The quantitative estimate of drug-likeness (QED) is 0.805. The number of fused-ring (bicyclic) bond motifs is 2. The number of anilines is 1. The van der Waals surface area contributed by atoms with Crippen LogP contribution in [0.15, 0.2) is 54.1 Å². The molecule has 1 atom stereocenters. The van der Waals surface area contributed by atoms with Gasteiger partial charge in [-0.25, -0.2) is 5.06 Å². The lowest BCUT2D eigenvalue weighted by atomic mass is 9.97. The Bertz CT molecular complexity index is 629. The first-order valence-electron chi connectivity index (χ1n) is 6.14. The van der Waals surface area contributed by atoms with Crippen molar-refractivity contribution in [3.63, 3.8) is 0 Å². The molecule has 3 rings (SSSR count). The number of primary amides is 1. The smallest absolute Gasteiger partial charge is 0.249 e. The average molecular weight is 254 g/mol. The molecule has 0 saturated carbocycles. The summed E-state index contributed by atoms with van der Waals surface area (Å²) in [5.41, 5.74) is 8.05. The van der Waals surface area contributed by atoms with Crippen LogP contribution in [0.1, 0.15) is 12.0 Å². The zero-order valence-corrected chi connectivity index (χ0v) is 10.3. The summed E-state index contributed by atoms with van der Waals surface area (Å²) in [6.45, 7) is 0. The molecule has 2 aliphatic rings. The summed E-state index contributed by atoms with van der Waals surface area (Å²) >= 11 is 0. The molecule has 19 heavy (non-hydrogen) atoms. The number of allylic oxidation sites excluding steroid dienone is 2. The van der Waals surface area contributed by atoms with Crippen molar-refractivity contribution < 1.29 is 10.0 Å². The molecule has 0 fully saturated rings. The second kappa shape index (κ2) is 4.40. The van der Waals surface area contributed by atoms with Gasteiger partial charge in [0.1, 0.15) is 0 Å². The van der Waals surface area contributed by atoms with Crippen LogP contribution in [0, 0.1) is 0 Å². The van der Waals surface area contributed by atoms with Crippen molar-refractivity contribution in [1.29, 1.82) is 0 Å². The Morgan fingerprint density at radius 2 is 2.16 bits per heavy atom. The molecule has 1 aliphatic heterocycles. The average Bonchev–Trinajstić information content (AvgIpc) is 2.56. The maximum absolute atomic E-state index is 11.7. The maximum atomic E-state index is 11.7. The van der Waals surface area contributed by atoms with Crippen molar-refractivity contribution >= 4 is 17.2 Å².